The molecule has 0 heterocycles. The van der Waals surface area contributed by atoms with Crippen molar-refractivity contribution in [2.75, 3.05) is 5.88 Å². The Labute approximate surface area is 100 Å². The smallest absolute Gasteiger partial charge is 0.105 e. The fourth-order valence-corrected chi connectivity index (χ4v) is 2.30. The molecule has 0 bridgehead atoms. The molecule has 0 aliphatic heterocycles. The number of halogens is 1. The number of hydrogen-bond acceptors (Lipinski definition) is 2. The molecule has 0 radical (unpaired) electrons. The Kier molecular flexibility index (Phi) is 3.64. The van der Waals surface area contributed by atoms with Gasteiger partial charge in [0.05, 0.1) is 6.10 Å². The first-order chi connectivity index (χ1) is 7.74. The summed E-state index contributed by atoms with van der Waals surface area (Å²) in [7, 11) is 0. The number of benzene rings is 1. The molecule has 2 unspecified atom stereocenters. The minimum atomic E-state index is -0.839. The molecule has 0 fully saturated rings. The first-order valence-electron chi connectivity index (χ1n) is 5.44. The van der Waals surface area contributed by atoms with Crippen molar-refractivity contribution in [3.8, 4) is 0 Å². The Hall–Kier alpha value is -0.830. The number of hydrogen-bond donors (Lipinski definition) is 2. The lowest BCUT2D eigenvalue weighted by Crippen LogP contribution is -2.20. The molecule has 1 aliphatic carbocycles. The molecule has 16 heavy (non-hydrogen) atoms. The zero-order valence-electron chi connectivity index (χ0n) is 8.94. The zero-order valence-corrected chi connectivity index (χ0v) is 9.69. The normalized spacial score (nSPS) is 17.2. The number of aliphatic hydroxyl groups excluding tert-OH is 2. The third kappa shape index (κ3) is 2.14. The molecule has 0 amide bonds. The van der Waals surface area contributed by atoms with E-state index in [9.17, 15) is 10.2 Å². The summed E-state index contributed by atoms with van der Waals surface area (Å²) in [4.78, 5) is 0. The molecule has 3 heteroatoms. The fourth-order valence-electron chi connectivity index (χ4n) is 2.07. The van der Waals surface area contributed by atoms with Crippen molar-refractivity contribution >= 4 is 17.7 Å². The van der Waals surface area contributed by atoms with Crippen molar-refractivity contribution in [1.82, 2.24) is 0 Å². The van der Waals surface area contributed by atoms with Crippen LogP contribution in [-0.4, -0.2) is 22.2 Å². The molecule has 0 saturated carbocycles. The third-order valence-corrected chi connectivity index (χ3v) is 3.17. The van der Waals surface area contributed by atoms with Gasteiger partial charge < -0.3 is 10.2 Å². The molecule has 1 aromatic carbocycles. The highest BCUT2D eigenvalue weighted by Gasteiger charge is 2.22. The maximum absolute atomic E-state index is 10.0. The molecule has 2 N–H and O–H groups in total. The first-order valence-corrected chi connectivity index (χ1v) is 5.98. The Bertz CT molecular complexity index is 401. The predicted molar refractivity (Wildman–Crippen MR) is 65.5 cm³/mol. The monoisotopic (exact) mass is 238 g/mol. The summed E-state index contributed by atoms with van der Waals surface area (Å²) in [5, 5.41) is 19.8. The second-order valence-electron chi connectivity index (χ2n) is 4.01. The van der Waals surface area contributed by atoms with E-state index in [4.69, 9.17) is 11.6 Å². The molecule has 2 nitrogen and oxygen atoms in total. The van der Waals surface area contributed by atoms with Gasteiger partial charge in [-0.2, -0.15) is 0 Å². The van der Waals surface area contributed by atoms with Crippen LogP contribution in [0.25, 0.3) is 6.08 Å². The van der Waals surface area contributed by atoms with Gasteiger partial charge in [0.1, 0.15) is 6.10 Å². The first kappa shape index (κ1) is 11.6. The summed E-state index contributed by atoms with van der Waals surface area (Å²) in [5.41, 5.74) is 3.07. The maximum atomic E-state index is 10.0. The van der Waals surface area contributed by atoms with Crippen molar-refractivity contribution < 1.29 is 10.2 Å². The predicted octanol–water partition coefficient (Wildman–Crippen LogP) is 2.28. The van der Waals surface area contributed by atoms with E-state index in [-0.39, 0.29) is 0 Å². The summed E-state index contributed by atoms with van der Waals surface area (Å²) < 4.78 is 0. The van der Waals surface area contributed by atoms with Gasteiger partial charge in [-0.05, 0) is 29.5 Å². The lowest BCUT2D eigenvalue weighted by atomic mass is 9.95. The van der Waals surface area contributed by atoms with Crippen LogP contribution in [0.2, 0.25) is 0 Å². The minimum Gasteiger partial charge on any atom is -0.390 e. The summed E-state index contributed by atoms with van der Waals surface area (Å²) in [5.74, 6) is 0.353. The van der Waals surface area contributed by atoms with Gasteiger partial charge in [-0.1, -0.05) is 30.4 Å². The van der Waals surface area contributed by atoms with Crippen LogP contribution in [-0.2, 0) is 6.42 Å². The van der Waals surface area contributed by atoms with E-state index in [1.807, 2.05) is 24.3 Å². The summed E-state index contributed by atoms with van der Waals surface area (Å²) in [6, 6.07) is 5.79. The summed E-state index contributed by atoms with van der Waals surface area (Å²) in [6.07, 6.45) is 3.71. The van der Waals surface area contributed by atoms with Crippen LogP contribution in [0.1, 0.15) is 29.2 Å². The highest BCUT2D eigenvalue weighted by molar-refractivity contribution is 6.17. The minimum absolute atomic E-state index is 0.353. The topological polar surface area (TPSA) is 40.5 Å². The van der Waals surface area contributed by atoms with E-state index >= 15 is 0 Å². The van der Waals surface area contributed by atoms with E-state index < -0.39 is 12.2 Å². The largest absolute Gasteiger partial charge is 0.390 e. The third-order valence-electron chi connectivity index (χ3n) is 2.96. The fraction of sp³-hybridized carbons (Fsp3) is 0.385. The number of alkyl halides is 1. The average molecular weight is 239 g/mol. The van der Waals surface area contributed by atoms with Crippen LogP contribution in [0, 0.1) is 0 Å². The number of aliphatic hydroxyl groups is 2. The molecular weight excluding hydrogens is 224 g/mol. The van der Waals surface area contributed by atoms with Crippen LogP contribution in [0.5, 0.6) is 0 Å². The number of rotatable bonds is 4. The van der Waals surface area contributed by atoms with Crippen LogP contribution in [0.15, 0.2) is 24.3 Å². The lowest BCUT2D eigenvalue weighted by Gasteiger charge is -2.20. The molecule has 0 spiro atoms. The molecule has 1 aromatic rings. The van der Waals surface area contributed by atoms with E-state index in [0.29, 0.717) is 12.3 Å². The van der Waals surface area contributed by atoms with Crippen molar-refractivity contribution in [1.29, 1.82) is 0 Å². The van der Waals surface area contributed by atoms with Crippen LogP contribution < -0.4 is 0 Å². The number of allylic oxidation sites excluding steroid dienone is 1. The van der Waals surface area contributed by atoms with Gasteiger partial charge in [-0.25, -0.2) is 0 Å². The van der Waals surface area contributed by atoms with Gasteiger partial charge in [0.2, 0.25) is 0 Å². The number of fused-ring (bicyclic) bond motifs is 1. The quantitative estimate of drug-likeness (QED) is 0.791. The Morgan fingerprint density at radius 3 is 2.88 bits per heavy atom. The molecule has 86 valence electrons. The van der Waals surface area contributed by atoms with Crippen molar-refractivity contribution in [3.63, 3.8) is 0 Å². The Balaban J connectivity index is 2.25. The van der Waals surface area contributed by atoms with E-state index in [0.717, 1.165) is 23.1 Å². The molecule has 1 aliphatic rings. The van der Waals surface area contributed by atoms with Crippen molar-refractivity contribution in [3.05, 3.63) is 41.0 Å². The van der Waals surface area contributed by atoms with Gasteiger partial charge in [0, 0.05) is 5.88 Å². The van der Waals surface area contributed by atoms with Gasteiger partial charge in [0.15, 0.2) is 0 Å². The van der Waals surface area contributed by atoms with Crippen LogP contribution >= 0.6 is 11.6 Å². The Morgan fingerprint density at radius 1 is 1.31 bits per heavy atom. The molecular formula is C13H15ClO2. The van der Waals surface area contributed by atoms with E-state index in [2.05, 4.69) is 6.08 Å². The lowest BCUT2D eigenvalue weighted by molar-refractivity contribution is 0.0165. The second-order valence-corrected chi connectivity index (χ2v) is 4.39. The SMILES string of the molecule is OC(CCCl)C(O)c1cccc2c1CC=C2. The Morgan fingerprint density at radius 2 is 2.12 bits per heavy atom. The van der Waals surface area contributed by atoms with Crippen LogP contribution in [0.4, 0.5) is 0 Å². The molecule has 0 saturated heterocycles. The molecule has 0 aromatic heterocycles. The van der Waals surface area contributed by atoms with Crippen LogP contribution in [0.3, 0.4) is 0 Å². The van der Waals surface area contributed by atoms with Gasteiger partial charge in [0.25, 0.3) is 0 Å². The molecule has 2 rings (SSSR count). The summed E-state index contributed by atoms with van der Waals surface area (Å²) >= 11 is 5.56. The highest BCUT2D eigenvalue weighted by atomic mass is 35.5. The van der Waals surface area contributed by atoms with E-state index in [1.165, 1.54) is 0 Å². The van der Waals surface area contributed by atoms with Gasteiger partial charge >= 0.3 is 0 Å². The van der Waals surface area contributed by atoms with Gasteiger partial charge in [-0.15, -0.1) is 11.6 Å². The standard InChI is InChI=1S/C13H15ClO2/c14-8-7-12(15)13(16)11-6-2-4-9-3-1-5-10(9)11/h1-4,6,12-13,15-16H,5,7-8H2. The zero-order chi connectivity index (χ0) is 11.5. The average Bonchev–Trinajstić information content (AvgIpc) is 2.76. The van der Waals surface area contributed by atoms with E-state index in [1.54, 1.807) is 0 Å². The van der Waals surface area contributed by atoms with Crippen molar-refractivity contribution in [2.24, 2.45) is 0 Å². The second kappa shape index (κ2) is 5.00. The van der Waals surface area contributed by atoms with Crippen molar-refractivity contribution in [2.45, 2.75) is 25.0 Å². The summed E-state index contributed by atoms with van der Waals surface area (Å²) in [6.45, 7) is 0. The maximum Gasteiger partial charge on any atom is 0.105 e. The highest BCUT2D eigenvalue weighted by Crippen LogP contribution is 2.29. The van der Waals surface area contributed by atoms with Gasteiger partial charge in [-0.3, -0.25) is 0 Å². The molecule has 2 atom stereocenters.